The molecule has 0 aromatic heterocycles. The van der Waals surface area contributed by atoms with Crippen LogP contribution in [0.25, 0.3) is 0 Å². The van der Waals surface area contributed by atoms with Gasteiger partial charge >= 0.3 is 0 Å². The molecular weight excluding hydrogens is 373 g/mol. The van der Waals surface area contributed by atoms with Crippen molar-refractivity contribution in [3.05, 3.63) is 34.1 Å². The van der Waals surface area contributed by atoms with E-state index in [-0.39, 0.29) is 5.82 Å². The van der Waals surface area contributed by atoms with Crippen LogP contribution in [0, 0.1) is 11.7 Å². The van der Waals surface area contributed by atoms with Crippen LogP contribution in [0.15, 0.2) is 27.7 Å². The predicted octanol–water partition coefficient (Wildman–Crippen LogP) is 3.80. The molecule has 1 heterocycles. The Morgan fingerprint density at radius 1 is 1.38 bits per heavy atom. The number of nitrogens with one attached hydrogen (secondary N) is 1. The molecule has 1 aromatic carbocycles. The average Bonchev–Trinajstić information content (AvgIpc) is 2.56. The van der Waals surface area contributed by atoms with Gasteiger partial charge < -0.3 is 15.0 Å². The number of aliphatic imine (C=N–C) groups is 1. The molecule has 1 aliphatic heterocycles. The third-order valence-electron chi connectivity index (χ3n) is 4.24. The Morgan fingerprint density at radius 3 is 2.79 bits per heavy atom. The molecule has 1 aliphatic rings. The van der Waals surface area contributed by atoms with Crippen molar-refractivity contribution in [3.8, 4) is 0 Å². The Morgan fingerprint density at radius 2 is 2.12 bits per heavy atom. The first-order valence-corrected chi connectivity index (χ1v) is 9.40. The molecule has 0 radical (unpaired) electrons. The molecule has 0 unspecified atom stereocenters. The van der Waals surface area contributed by atoms with Crippen LogP contribution in [0.2, 0.25) is 0 Å². The maximum atomic E-state index is 13.5. The lowest BCUT2D eigenvalue weighted by Crippen LogP contribution is -2.40. The first-order valence-electron chi connectivity index (χ1n) is 8.60. The first-order chi connectivity index (χ1) is 11.6. The highest BCUT2D eigenvalue weighted by Crippen LogP contribution is 2.19. The summed E-state index contributed by atoms with van der Waals surface area (Å²) in [6.07, 6.45) is 3.45. The van der Waals surface area contributed by atoms with Gasteiger partial charge in [-0.05, 0) is 55.9 Å². The minimum Gasteiger partial charge on any atom is -0.381 e. The SMILES string of the molecule is CCNC(=NCc1cc(F)cc(Br)c1)N(C)CCC1CCOCC1. The maximum absolute atomic E-state index is 13.5. The highest BCUT2D eigenvalue weighted by molar-refractivity contribution is 9.10. The topological polar surface area (TPSA) is 36.9 Å². The van der Waals surface area contributed by atoms with Crippen LogP contribution in [-0.4, -0.2) is 44.2 Å². The first kappa shape index (κ1) is 19.2. The minimum atomic E-state index is -0.243. The molecule has 0 bridgehead atoms. The van der Waals surface area contributed by atoms with Gasteiger partial charge in [0.15, 0.2) is 5.96 Å². The lowest BCUT2D eigenvalue weighted by atomic mass is 9.96. The van der Waals surface area contributed by atoms with Crippen LogP contribution in [0.3, 0.4) is 0 Å². The van der Waals surface area contributed by atoms with Gasteiger partial charge in [0.1, 0.15) is 5.82 Å². The van der Waals surface area contributed by atoms with Crippen molar-refractivity contribution >= 4 is 21.9 Å². The summed E-state index contributed by atoms with van der Waals surface area (Å²) in [5.41, 5.74) is 0.857. The molecule has 2 rings (SSSR count). The quantitative estimate of drug-likeness (QED) is 0.583. The third kappa shape index (κ3) is 6.40. The van der Waals surface area contributed by atoms with Gasteiger partial charge in [0.05, 0.1) is 6.54 Å². The molecule has 134 valence electrons. The Balaban J connectivity index is 1.93. The number of halogens is 2. The molecule has 0 amide bonds. The third-order valence-corrected chi connectivity index (χ3v) is 4.70. The van der Waals surface area contributed by atoms with Crippen molar-refractivity contribution < 1.29 is 9.13 Å². The normalized spacial score (nSPS) is 16.2. The molecule has 6 heteroatoms. The van der Waals surface area contributed by atoms with E-state index in [4.69, 9.17) is 4.74 Å². The van der Waals surface area contributed by atoms with Crippen LogP contribution < -0.4 is 5.32 Å². The molecule has 0 aliphatic carbocycles. The Labute approximate surface area is 152 Å². The van der Waals surface area contributed by atoms with Crippen LogP contribution >= 0.6 is 15.9 Å². The Kier molecular flexibility index (Phi) is 7.99. The lowest BCUT2D eigenvalue weighted by Gasteiger charge is -2.26. The van der Waals surface area contributed by atoms with Crippen molar-refractivity contribution in [1.29, 1.82) is 0 Å². The summed E-state index contributed by atoms with van der Waals surface area (Å²) in [5.74, 6) is 1.36. The molecule has 1 aromatic rings. The summed E-state index contributed by atoms with van der Waals surface area (Å²) < 4.78 is 19.6. The van der Waals surface area contributed by atoms with Crippen molar-refractivity contribution in [2.75, 3.05) is 33.4 Å². The van der Waals surface area contributed by atoms with Crippen LogP contribution in [0.1, 0.15) is 31.7 Å². The smallest absolute Gasteiger partial charge is 0.193 e. The van der Waals surface area contributed by atoms with Crippen molar-refractivity contribution in [2.24, 2.45) is 10.9 Å². The van der Waals surface area contributed by atoms with E-state index in [1.807, 2.05) is 6.07 Å². The van der Waals surface area contributed by atoms with Gasteiger partial charge in [-0.25, -0.2) is 9.38 Å². The number of benzene rings is 1. The maximum Gasteiger partial charge on any atom is 0.193 e. The van der Waals surface area contributed by atoms with Gasteiger partial charge in [-0.3, -0.25) is 0 Å². The second-order valence-corrected chi connectivity index (χ2v) is 7.13. The van der Waals surface area contributed by atoms with Gasteiger partial charge in [-0.15, -0.1) is 0 Å². The molecular formula is C18H27BrFN3O. The van der Waals surface area contributed by atoms with Gasteiger partial charge in [0.2, 0.25) is 0 Å². The van der Waals surface area contributed by atoms with E-state index in [9.17, 15) is 4.39 Å². The standard InChI is InChI=1S/C18H27BrFN3O/c1-3-21-18(22-13-15-10-16(19)12-17(20)11-15)23(2)7-4-14-5-8-24-9-6-14/h10-12,14H,3-9,13H2,1-2H3,(H,21,22). The van der Waals surface area contributed by atoms with Gasteiger partial charge in [-0.2, -0.15) is 0 Å². The van der Waals surface area contributed by atoms with Gasteiger partial charge in [0.25, 0.3) is 0 Å². The summed E-state index contributed by atoms with van der Waals surface area (Å²) >= 11 is 3.32. The number of ether oxygens (including phenoxy) is 1. The summed E-state index contributed by atoms with van der Waals surface area (Å²) in [4.78, 5) is 6.81. The number of hydrogen-bond acceptors (Lipinski definition) is 2. The second-order valence-electron chi connectivity index (χ2n) is 6.21. The minimum absolute atomic E-state index is 0.243. The van der Waals surface area contributed by atoms with E-state index in [2.05, 4.69) is 45.1 Å². The van der Waals surface area contributed by atoms with E-state index in [1.165, 1.54) is 12.1 Å². The molecule has 4 nitrogen and oxygen atoms in total. The van der Waals surface area contributed by atoms with E-state index in [0.29, 0.717) is 6.54 Å². The Hall–Kier alpha value is -1.14. The summed E-state index contributed by atoms with van der Waals surface area (Å²) in [7, 11) is 2.06. The zero-order valence-corrected chi connectivity index (χ0v) is 16.1. The van der Waals surface area contributed by atoms with E-state index >= 15 is 0 Å². The van der Waals surface area contributed by atoms with Gasteiger partial charge in [-0.1, -0.05) is 15.9 Å². The number of nitrogens with zero attached hydrogens (tertiary/aromatic N) is 2. The van der Waals surface area contributed by atoms with E-state index < -0.39 is 0 Å². The van der Waals surface area contributed by atoms with E-state index in [0.717, 1.165) is 67.5 Å². The second kappa shape index (κ2) is 9.99. The molecule has 1 fully saturated rings. The fourth-order valence-corrected chi connectivity index (χ4v) is 3.37. The zero-order chi connectivity index (χ0) is 17.4. The molecule has 1 N–H and O–H groups in total. The zero-order valence-electron chi connectivity index (χ0n) is 14.5. The fraction of sp³-hybridized carbons (Fsp3) is 0.611. The van der Waals surface area contributed by atoms with Crippen molar-refractivity contribution in [2.45, 2.75) is 32.7 Å². The van der Waals surface area contributed by atoms with Crippen molar-refractivity contribution in [3.63, 3.8) is 0 Å². The van der Waals surface area contributed by atoms with Gasteiger partial charge in [0, 0.05) is 37.8 Å². The molecule has 0 saturated carbocycles. The van der Waals surface area contributed by atoms with Crippen molar-refractivity contribution in [1.82, 2.24) is 10.2 Å². The van der Waals surface area contributed by atoms with Crippen LogP contribution in [-0.2, 0) is 11.3 Å². The largest absolute Gasteiger partial charge is 0.381 e. The molecule has 1 saturated heterocycles. The summed E-state index contributed by atoms with van der Waals surface area (Å²) in [6.45, 7) is 6.06. The highest BCUT2D eigenvalue weighted by atomic mass is 79.9. The summed E-state index contributed by atoms with van der Waals surface area (Å²) in [6, 6.07) is 4.89. The molecule has 0 spiro atoms. The molecule has 0 atom stereocenters. The predicted molar refractivity (Wildman–Crippen MR) is 99.7 cm³/mol. The monoisotopic (exact) mass is 399 g/mol. The highest BCUT2D eigenvalue weighted by Gasteiger charge is 2.15. The summed E-state index contributed by atoms with van der Waals surface area (Å²) in [5, 5.41) is 3.32. The Bertz CT molecular complexity index is 527. The lowest BCUT2D eigenvalue weighted by molar-refractivity contribution is 0.0625. The van der Waals surface area contributed by atoms with E-state index in [1.54, 1.807) is 0 Å². The average molecular weight is 400 g/mol. The number of guanidine groups is 1. The fourth-order valence-electron chi connectivity index (χ4n) is 2.86. The number of rotatable bonds is 6. The molecule has 24 heavy (non-hydrogen) atoms. The number of hydrogen-bond donors (Lipinski definition) is 1. The van der Waals surface area contributed by atoms with Crippen LogP contribution in [0.5, 0.6) is 0 Å². The van der Waals surface area contributed by atoms with Crippen LogP contribution in [0.4, 0.5) is 4.39 Å².